The number of nitrogens with zero attached hydrogens (tertiary/aromatic N) is 2. The van der Waals surface area contributed by atoms with Crippen LogP contribution in [0.25, 0.3) is 0 Å². The summed E-state index contributed by atoms with van der Waals surface area (Å²) in [6.07, 6.45) is 0.414. The first kappa shape index (κ1) is 14.0. The summed E-state index contributed by atoms with van der Waals surface area (Å²) < 4.78 is 13.3. The summed E-state index contributed by atoms with van der Waals surface area (Å²) in [5.74, 6) is -1.49. The predicted octanol–water partition coefficient (Wildman–Crippen LogP) is 1.19. The van der Waals surface area contributed by atoms with Crippen molar-refractivity contribution in [1.29, 1.82) is 0 Å². The van der Waals surface area contributed by atoms with Crippen LogP contribution < -0.4 is 0 Å². The number of aliphatic hydroxyl groups excluding tert-OH is 1. The predicted molar refractivity (Wildman–Crippen MR) is 61.7 cm³/mol. The summed E-state index contributed by atoms with van der Waals surface area (Å²) >= 11 is 0. The van der Waals surface area contributed by atoms with Crippen molar-refractivity contribution in [3.05, 3.63) is 39.7 Å². The van der Waals surface area contributed by atoms with Gasteiger partial charge in [0.15, 0.2) is 0 Å². The van der Waals surface area contributed by atoms with E-state index in [-0.39, 0.29) is 12.2 Å². The summed E-state index contributed by atoms with van der Waals surface area (Å²) in [6, 6.07) is 3.01. The van der Waals surface area contributed by atoms with Crippen LogP contribution in [0.1, 0.15) is 16.8 Å². The number of hydrogen-bond donors (Lipinski definition) is 1. The van der Waals surface area contributed by atoms with Gasteiger partial charge in [-0.05, 0) is 18.6 Å². The number of hydrogen-bond acceptors (Lipinski definition) is 4. The van der Waals surface area contributed by atoms with Crippen LogP contribution in [0.5, 0.6) is 0 Å². The number of carbonyl (C=O) groups excluding carboxylic acids is 1. The molecule has 98 valence electrons. The van der Waals surface area contributed by atoms with Crippen LogP contribution in [0.3, 0.4) is 0 Å². The molecule has 0 saturated heterocycles. The molecule has 0 aromatic heterocycles. The fourth-order valence-corrected chi connectivity index (χ4v) is 1.42. The zero-order valence-corrected chi connectivity index (χ0v) is 9.80. The maximum atomic E-state index is 13.3. The molecule has 0 aliphatic rings. The zero-order chi connectivity index (χ0) is 13.7. The maximum absolute atomic E-state index is 13.3. The Kier molecular flexibility index (Phi) is 4.73. The Morgan fingerprint density at radius 2 is 2.22 bits per heavy atom. The molecule has 0 aliphatic heterocycles. The van der Waals surface area contributed by atoms with Gasteiger partial charge in [0.25, 0.3) is 5.91 Å². The molecule has 1 aromatic carbocycles. The Morgan fingerprint density at radius 3 is 2.72 bits per heavy atom. The van der Waals surface area contributed by atoms with Gasteiger partial charge >= 0.3 is 5.69 Å². The summed E-state index contributed by atoms with van der Waals surface area (Å²) in [5, 5.41) is 19.1. The minimum atomic E-state index is -1.04. The normalized spacial score (nSPS) is 10.2. The van der Waals surface area contributed by atoms with Crippen molar-refractivity contribution >= 4 is 11.6 Å². The summed E-state index contributed by atoms with van der Waals surface area (Å²) in [4.78, 5) is 22.7. The summed E-state index contributed by atoms with van der Waals surface area (Å²) in [5.41, 5.74) is -0.622. The lowest BCUT2D eigenvalue weighted by molar-refractivity contribution is -0.387. The smallest absolute Gasteiger partial charge is 0.304 e. The molecule has 0 aliphatic carbocycles. The molecule has 0 spiro atoms. The van der Waals surface area contributed by atoms with E-state index in [1.54, 1.807) is 0 Å². The standard InChI is InChI=1S/C11H13FN2O4/c1-13(5-2-6-15)11(16)8-3-4-10(14(17)18)9(12)7-8/h3-4,7,15H,2,5-6H2,1H3. The molecule has 0 fully saturated rings. The third-order valence-corrected chi connectivity index (χ3v) is 2.39. The molecule has 7 heteroatoms. The number of amides is 1. The molecule has 0 radical (unpaired) electrons. The van der Waals surface area contributed by atoms with Crippen molar-refractivity contribution in [2.75, 3.05) is 20.2 Å². The molecule has 18 heavy (non-hydrogen) atoms. The van der Waals surface area contributed by atoms with E-state index in [9.17, 15) is 19.3 Å². The molecular weight excluding hydrogens is 243 g/mol. The van der Waals surface area contributed by atoms with Gasteiger partial charge < -0.3 is 10.0 Å². The number of halogens is 1. The van der Waals surface area contributed by atoms with Crippen molar-refractivity contribution in [3.63, 3.8) is 0 Å². The minimum absolute atomic E-state index is 0.0403. The number of nitro groups is 1. The van der Waals surface area contributed by atoms with E-state index in [1.807, 2.05) is 0 Å². The van der Waals surface area contributed by atoms with Gasteiger partial charge in [-0.15, -0.1) is 0 Å². The highest BCUT2D eigenvalue weighted by molar-refractivity contribution is 5.94. The molecule has 0 atom stereocenters. The van der Waals surface area contributed by atoms with Crippen LogP contribution in [0.15, 0.2) is 18.2 Å². The van der Waals surface area contributed by atoms with Crippen molar-refractivity contribution in [2.45, 2.75) is 6.42 Å². The van der Waals surface area contributed by atoms with Gasteiger partial charge in [0.2, 0.25) is 5.82 Å². The largest absolute Gasteiger partial charge is 0.396 e. The van der Waals surface area contributed by atoms with Gasteiger partial charge in [0.05, 0.1) is 4.92 Å². The molecule has 0 unspecified atom stereocenters. The van der Waals surface area contributed by atoms with Crippen LogP contribution in [0.4, 0.5) is 10.1 Å². The lowest BCUT2D eigenvalue weighted by atomic mass is 10.1. The average Bonchev–Trinajstić information content (AvgIpc) is 2.34. The van der Waals surface area contributed by atoms with E-state index in [0.717, 1.165) is 12.1 Å². The topological polar surface area (TPSA) is 83.7 Å². The first-order valence-electron chi connectivity index (χ1n) is 5.27. The van der Waals surface area contributed by atoms with Crippen molar-refractivity contribution in [1.82, 2.24) is 4.90 Å². The van der Waals surface area contributed by atoms with Crippen LogP contribution in [0.2, 0.25) is 0 Å². The molecule has 0 heterocycles. The highest BCUT2D eigenvalue weighted by atomic mass is 19.1. The second-order valence-electron chi connectivity index (χ2n) is 3.73. The molecule has 6 nitrogen and oxygen atoms in total. The molecule has 1 amide bonds. The van der Waals surface area contributed by atoms with E-state index in [0.29, 0.717) is 13.0 Å². The van der Waals surface area contributed by atoms with Crippen LogP contribution in [-0.2, 0) is 0 Å². The number of nitro benzene ring substituents is 1. The molecular formula is C11H13FN2O4. The molecule has 1 N–H and O–H groups in total. The zero-order valence-electron chi connectivity index (χ0n) is 9.80. The summed E-state index contributed by atoms with van der Waals surface area (Å²) in [6.45, 7) is 0.278. The first-order chi connectivity index (χ1) is 8.47. The molecule has 0 bridgehead atoms. The fourth-order valence-electron chi connectivity index (χ4n) is 1.42. The van der Waals surface area contributed by atoms with E-state index < -0.39 is 22.3 Å². The fraction of sp³-hybridized carbons (Fsp3) is 0.364. The number of rotatable bonds is 5. The van der Waals surface area contributed by atoms with Gasteiger partial charge in [0, 0.05) is 31.8 Å². The Labute approximate surface area is 103 Å². The van der Waals surface area contributed by atoms with Gasteiger partial charge in [-0.1, -0.05) is 0 Å². The number of carbonyl (C=O) groups is 1. The first-order valence-corrected chi connectivity index (χ1v) is 5.27. The SMILES string of the molecule is CN(CCCO)C(=O)c1ccc([N+](=O)[O-])c(F)c1. The van der Waals surface area contributed by atoms with Gasteiger partial charge in [-0.25, -0.2) is 0 Å². The quantitative estimate of drug-likeness (QED) is 0.633. The van der Waals surface area contributed by atoms with Crippen molar-refractivity contribution in [2.24, 2.45) is 0 Å². The third kappa shape index (κ3) is 3.24. The summed E-state index contributed by atoms with van der Waals surface area (Å²) in [7, 11) is 1.51. The third-order valence-electron chi connectivity index (χ3n) is 2.39. The van der Waals surface area contributed by atoms with Gasteiger partial charge in [-0.2, -0.15) is 4.39 Å². The second kappa shape index (κ2) is 6.06. The lowest BCUT2D eigenvalue weighted by Gasteiger charge is -2.16. The van der Waals surface area contributed by atoms with Gasteiger partial charge in [-0.3, -0.25) is 14.9 Å². The number of aliphatic hydroxyl groups is 1. The van der Waals surface area contributed by atoms with Crippen LogP contribution in [0, 0.1) is 15.9 Å². The molecule has 1 aromatic rings. The average molecular weight is 256 g/mol. The highest BCUT2D eigenvalue weighted by Crippen LogP contribution is 2.18. The van der Waals surface area contributed by atoms with Crippen LogP contribution >= 0.6 is 0 Å². The van der Waals surface area contributed by atoms with Gasteiger partial charge in [0.1, 0.15) is 0 Å². The van der Waals surface area contributed by atoms with E-state index >= 15 is 0 Å². The van der Waals surface area contributed by atoms with E-state index in [2.05, 4.69) is 0 Å². The Balaban J connectivity index is 2.87. The van der Waals surface area contributed by atoms with E-state index in [4.69, 9.17) is 5.11 Å². The van der Waals surface area contributed by atoms with E-state index in [1.165, 1.54) is 18.0 Å². The number of benzene rings is 1. The van der Waals surface area contributed by atoms with Crippen molar-refractivity contribution < 1.29 is 19.2 Å². The van der Waals surface area contributed by atoms with Crippen molar-refractivity contribution in [3.8, 4) is 0 Å². The minimum Gasteiger partial charge on any atom is -0.396 e. The lowest BCUT2D eigenvalue weighted by Crippen LogP contribution is -2.28. The maximum Gasteiger partial charge on any atom is 0.304 e. The molecule has 0 saturated carbocycles. The highest BCUT2D eigenvalue weighted by Gasteiger charge is 2.18. The Morgan fingerprint density at radius 1 is 1.56 bits per heavy atom. The molecule has 1 rings (SSSR count). The Hall–Kier alpha value is -2.02. The monoisotopic (exact) mass is 256 g/mol. The second-order valence-corrected chi connectivity index (χ2v) is 3.73. The Bertz CT molecular complexity index is 464. The van der Waals surface area contributed by atoms with Crippen LogP contribution in [-0.4, -0.2) is 41.0 Å².